The molecule has 0 bridgehead atoms. The number of rotatable bonds is 7. The first-order valence-electron chi connectivity index (χ1n) is 9.43. The van der Waals surface area contributed by atoms with Gasteiger partial charge in [-0.15, -0.1) is 0 Å². The Morgan fingerprint density at radius 2 is 1.79 bits per heavy atom. The van der Waals surface area contributed by atoms with Gasteiger partial charge in [0.1, 0.15) is 6.54 Å². The van der Waals surface area contributed by atoms with Gasteiger partial charge in [-0.1, -0.05) is 30.3 Å². The minimum Gasteiger partial charge on any atom is -0.352 e. The first-order valence-corrected chi connectivity index (χ1v) is 9.43. The maximum atomic E-state index is 12.5. The van der Waals surface area contributed by atoms with Crippen LogP contribution in [-0.2, 0) is 24.3 Å². The summed E-state index contributed by atoms with van der Waals surface area (Å²) in [6, 6.07) is 13.4. The topological polar surface area (TPSA) is 86.0 Å². The van der Waals surface area contributed by atoms with Gasteiger partial charge in [-0.2, -0.15) is 0 Å². The molecule has 1 aromatic carbocycles. The van der Waals surface area contributed by atoms with Crippen LogP contribution in [0.5, 0.6) is 0 Å². The molecule has 0 aliphatic carbocycles. The van der Waals surface area contributed by atoms with Gasteiger partial charge in [0, 0.05) is 18.8 Å². The standard InChI is InChI=1S/C21H24N4O3/c1-3-24-19-17(10-7-13-22-19)25(21(28)20(24)27)14-18(26)23-15(2)11-12-16-8-5-4-6-9-16/h4-10,13,15H,3,11-12,14H2,1-2H3,(H,23,26). The first-order chi connectivity index (χ1) is 13.5. The number of fused-ring (bicyclic) bond motifs is 1. The number of hydrogen-bond donors (Lipinski definition) is 1. The fourth-order valence-corrected chi connectivity index (χ4v) is 3.26. The Morgan fingerprint density at radius 3 is 2.50 bits per heavy atom. The average molecular weight is 380 g/mol. The normalized spacial score (nSPS) is 12.1. The molecule has 2 heterocycles. The molecule has 146 valence electrons. The summed E-state index contributed by atoms with van der Waals surface area (Å²) in [5, 5.41) is 2.91. The predicted molar refractivity (Wildman–Crippen MR) is 108 cm³/mol. The molecule has 0 radical (unpaired) electrons. The van der Waals surface area contributed by atoms with E-state index in [0.717, 1.165) is 12.8 Å². The highest BCUT2D eigenvalue weighted by molar-refractivity contribution is 5.79. The molecule has 7 nitrogen and oxygen atoms in total. The van der Waals surface area contributed by atoms with Crippen molar-refractivity contribution in [3.63, 3.8) is 0 Å². The van der Waals surface area contributed by atoms with Crippen molar-refractivity contribution in [3.8, 4) is 0 Å². The number of benzene rings is 1. The van der Waals surface area contributed by atoms with E-state index in [4.69, 9.17) is 0 Å². The largest absolute Gasteiger partial charge is 0.352 e. The summed E-state index contributed by atoms with van der Waals surface area (Å²) in [7, 11) is 0. The zero-order valence-corrected chi connectivity index (χ0v) is 16.1. The monoisotopic (exact) mass is 380 g/mol. The highest BCUT2D eigenvalue weighted by Crippen LogP contribution is 2.08. The zero-order valence-electron chi connectivity index (χ0n) is 16.1. The summed E-state index contributed by atoms with van der Waals surface area (Å²) in [5.74, 6) is -0.304. The summed E-state index contributed by atoms with van der Waals surface area (Å²) in [5.41, 5.74) is 0.702. The maximum Gasteiger partial charge on any atom is 0.318 e. The molecule has 0 fully saturated rings. The molecule has 0 saturated heterocycles. The van der Waals surface area contributed by atoms with E-state index >= 15 is 0 Å². The lowest BCUT2D eigenvalue weighted by molar-refractivity contribution is -0.122. The third-order valence-corrected chi connectivity index (χ3v) is 4.72. The Hall–Kier alpha value is -3.22. The van der Waals surface area contributed by atoms with Gasteiger partial charge in [0.2, 0.25) is 5.91 Å². The number of hydrogen-bond acceptors (Lipinski definition) is 4. The van der Waals surface area contributed by atoms with Crippen molar-refractivity contribution in [3.05, 3.63) is 74.9 Å². The molecular formula is C21H24N4O3. The molecule has 3 rings (SSSR count). The molecule has 0 aliphatic rings. The van der Waals surface area contributed by atoms with Gasteiger partial charge in [-0.05, 0) is 44.4 Å². The number of nitrogens with zero attached hydrogens (tertiary/aromatic N) is 3. The van der Waals surface area contributed by atoms with Crippen LogP contribution in [0.4, 0.5) is 0 Å². The van der Waals surface area contributed by atoms with Gasteiger partial charge < -0.3 is 5.32 Å². The third-order valence-electron chi connectivity index (χ3n) is 4.72. The number of carbonyl (C=O) groups excluding carboxylic acids is 1. The van der Waals surface area contributed by atoms with E-state index in [9.17, 15) is 14.4 Å². The molecule has 28 heavy (non-hydrogen) atoms. The third kappa shape index (κ3) is 4.19. The van der Waals surface area contributed by atoms with Gasteiger partial charge in [0.15, 0.2) is 5.65 Å². The molecule has 1 amide bonds. The minimum absolute atomic E-state index is 0.0520. The van der Waals surface area contributed by atoms with Crippen molar-refractivity contribution < 1.29 is 4.79 Å². The summed E-state index contributed by atoms with van der Waals surface area (Å²) in [6.45, 7) is 3.83. The van der Waals surface area contributed by atoms with Crippen molar-refractivity contribution in [1.29, 1.82) is 0 Å². The van der Waals surface area contributed by atoms with E-state index in [2.05, 4.69) is 22.4 Å². The second-order valence-electron chi connectivity index (χ2n) is 6.78. The molecule has 7 heteroatoms. The van der Waals surface area contributed by atoms with Crippen LogP contribution in [0.1, 0.15) is 25.8 Å². The second-order valence-corrected chi connectivity index (χ2v) is 6.78. The zero-order chi connectivity index (χ0) is 20.1. The lowest BCUT2D eigenvalue weighted by atomic mass is 10.1. The second kappa shape index (κ2) is 8.65. The molecule has 2 aromatic heterocycles. The summed E-state index contributed by atoms with van der Waals surface area (Å²) < 4.78 is 2.53. The van der Waals surface area contributed by atoms with Crippen molar-refractivity contribution in [2.45, 2.75) is 45.8 Å². The van der Waals surface area contributed by atoms with E-state index < -0.39 is 11.1 Å². The number of amides is 1. The van der Waals surface area contributed by atoms with Gasteiger partial charge in [0.05, 0.1) is 5.52 Å². The van der Waals surface area contributed by atoms with Crippen LogP contribution in [0.25, 0.3) is 11.2 Å². The molecule has 1 unspecified atom stereocenters. The molecular weight excluding hydrogens is 356 g/mol. The van der Waals surface area contributed by atoms with Crippen LogP contribution in [0.2, 0.25) is 0 Å². The van der Waals surface area contributed by atoms with Crippen molar-refractivity contribution in [2.75, 3.05) is 0 Å². The Morgan fingerprint density at radius 1 is 1.07 bits per heavy atom. The van der Waals surface area contributed by atoms with Crippen molar-refractivity contribution in [1.82, 2.24) is 19.4 Å². The van der Waals surface area contributed by atoms with Crippen LogP contribution < -0.4 is 16.4 Å². The van der Waals surface area contributed by atoms with Gasteiger partial charge >= 0.3 is 11.1 Å². The van der Waals surface area contributed by atoms with Crippen LogP contribution in [0.15, 0.2) is 58.3 Å². The van der Waals surface area contributed by atoms with Gasteiger partial charge in [-0.25, -0.2) is 4.98 Å². The molecule has 0 spiro atoms. The number of nitrogens with one attached hydrogen (secondary N) is 1. The molecule has 3 aromatic rings. The summed E-state index contributed by atoms with van der Waals surface area (Å²) in [4.78, 5) is 41.6. The fraction of sp³-hybridized carbons (Fsp3) is 0.333. The first kappa shape index (κ1) is 19.5. The fourth-order valence-electron chi connectivity index (χ4n) is 3.26. The number of aromatic nitrogens is 3. The van der Waals surface area contributed by atoms with Crippen molar-refractivity contribution >= 4 is 17.1 Å². The summed E-state index contributed by atoms with van der Waals surface area (Å²) in [6.07, 6.45) is 3.19. The van der Waals surface area contributed by atoms with Crippen LogP contribution in [0, 0.1) is 0 Å². The van der Waals surface area contributed by atoms with Crippen molar-refractivity contribution in [2.24, 2.45) is 0 Å². The highest BCUT2D eigenvalue weighted by atomic mass is 16.2. The Labute approximate surface area is 162 Å². The van der Waals surface area contributed by atoms with Crippen LogP contribution >= 0.6 is 0 Å². The van der Waals surface area contributed by atoms with Gasteiger partial charge in [0.25, 0.3) is 0 Å². The molecule has 0 aliphatic heterocycles. The Kier molecular flexibility index (Phi) is 6.03. The molecule has 1 atom stereocenters. The summed E-state index contributed by atoms with van der Waals surface area (Å²) >= 11 is 0. The lowest BCUT2D eigenvalue weighted by Crippen LogP contribution is -2.45. The van der Waals surface area contributed by atoms with E-state index in [-0.39, 0.29) is 18.5 Å². The maximum absolute atomic E-state index is 12.5. The van der Waals surface area contributed by atoms with E-state index in [1.165, 1.54) is 14.7 Å². The van der Waals surface area contributed by atoms with Crippen LogP contribution in [-0.4, -0.2) is 26.1 Å². The van der Waals surface area contributed by atoms with E-state index in [0.29, 0.717) is 17.7 Å². The SMILES string of the molecule is CCn1c(=O)c(=O)n(CC(=O)NC(C)CCc2ccccc2)c2cccnc21. The van der Waals surface area contributed by atoms with E-state index in [1.54, 1.807) is 25.3 Å². The highest BCUT2D eigenvalue weighted by Gasteiger charge is 2.16. The number of carbonyl (C=O) groups is 1. The molecule has 0 saturated carbocycles. The molecule has 1 N–H and O–H groups in total. The number of pyridine rings is 1. The lowest BCUT2D eigenvalue weighted by Gasteiger charge is -2.16. The number of aryl methyl sites for hydroxylation is 2. The predicted octanol–water partition coefficient (Wildman–Crippen LogP) is 1.72. The minimum atomic E-state index is -0.713. The van der Waals surface area contributed by atoms with Gasteiger partial charge in [-0.3, -0.25) is 23.5 Å². The Balaban J connectivity index is 1.75. The van der Waals surface area contributed by atoms with E-state index in [1.807, 2.05) is 25.1 Å². The average Bonchev–Trinajstić information content (AvgIpc) is 2.71. The smallest absolute Gasteiger partial charge is 0.318 e. The quantitative estimate of drug-likeness (QED) is 0.633. The van der Waals surface area contributed by atoms with Crippen LogP contribution in [0.3, 0.4) is 0 Å². The Bertz CT molecular complexity index is 1090.